The van der Waals surface area contributed by atoms with Crippen molar-refractivity contribution in [3.63, 3.8) is 0 Å². The van der Waals surface area contributed by atoms with Gasteiger partial charge in [0.2, 0.25) is 5.60 Å². The molecule has 0 saturated heterocycles. The minimum Gasteiger partial charge on any atom is -0.375 e. The van der Waals surface area contributed by atoms with E-state index in [9.17, 15) is 18.3 Å². The molecule has 0 bridgehead atoms. The predicted molar refractivity (Wildman–Crippen MR) is 57.2 cm³/mol. The molecule has 0 spiro atoms. The van der Waals surface area contributed by atoms with E-state index in [4.69, 9.17) is 11.0 Å². The van der Waals surface area contributed by atoms with Gasteiger partial charge in [0.25, 0.3) is 0 Å². The lowest BCUT2D eigenvalue weighted by molar-refractivity contribution is -0.274. The SMILES string of the molecule is CCC(N)C(O)(c1cncc(C#N)c1)C(F)(F)F. The van der Waals surface area contributed by atoms with Crippen molar-refractivity contribution < 1.29 is 18.3 Å². The highest BCUT2D eigenvalue weighted by atomic mass is 19.4. The van der Waals surface area contributed by atoms with Crippen molar-refractivity contribution in [3.8, 4) is 6.07 Å². The van der Waals surface area contributed by atoms with Gasteiger partial charge in [0.15, 0.2) is 0 Å². The van der Waals surface area contributed by atoms with Crippen LogP contribution in [0.2, 0.25) is 0 Å². The zero-order valence-electron chi connectivity index (χ0n) is 9.57. The topological polar surface area (TPSA) is 82.9 Å². The highest BCUT2D eigenvalue weighted by molar-refractivity contribution is 5.33. The maximum Gasteiger partial charge on any atom is 0.423 e. The first kappa shape index (κ1) is 14.4. The number of nitrogens with zero attached hydrogens (tertiary/aromatic N) is 2. The van der Waals surface area contributed by atoms with Crippen LogP contribution in [-0.4, -0.2) is 22.3 Å². The van der Waals surface area contributed by atoms with E-state index in [2.05, 4.69) is 4.98 Å². The van der Waals surface area contributed by atoms with Crippen molar-refractivity contribution in [3.05, 3.63) is 29.6 Å². The molecule has 7 heteroatoms. The molecule has 98 valence electrons. The Hall–Kier alpha value is -1.65. The fraction of sp³-hybridized carbons (Fsp3) is 0.455. The molecule has 0 aromatic carbocycles. The van der Waals surface area contributed by atoms with E-state index in [0.29, 0.717) is 0 Å². The second-order valence-corrected chi connectivity index (χ2v) is 3.85. The lowest BCUT2D eigenvalue weighted by Gasteiger charge is -2.35. The number of aromatic nitrogens is 1. The number of nitrogens with two attached hydrogens (primary N) is 1. The molecule has 18 heavy (non-hydrogen) atoms. The molecule has 0 saturated carbocycles. The summed E-state index contributed by atoms with van der Waals surface area (Å²) in [6.45, 7) is 1.43. The van der Waals surface area contributed by atoms with E-state index < -0.39 is 23.4 Å². The summed E-state index contributed by atoms with van der Waals surface area (Å²) in [5.74, 6) is 0. The summed E-state index contributed by atoms with van der Waals surface area (Å²) in [7, 11) is 0. The first-order valence-corrected chi connectivity index (χ1v) is 5.17. The molecule has 3 N–H and O–H groups in total. The molecule has 2 atom stereocenters. The average Bonchev–Trinajstić information content (AvgIpc) is 2.35. The van der Waals surface area contributed by atoms with Crippen LogP contribution in [0.1, 0.15) is 24.5 Å². The fourth-order valence-electron chi connectivity index (χ4n) is 1.59. The molecule has 0 aliphatic carbocycles. The minimum atomic E-state index is -4.95. The number of halogens is 3. The third-order valence-corrected chi connectivity index (χ3v) is 2.72. The van der Waals surface area contributed by atoms with Gasteiger partial charge in [-0.25, -0.2) is 0 Å². The van der Waals surface area contributed by atoms with Crippen molar-refractivity contribution in [1.29, 1.82) is 5.26 Å². The quantitative estimate of drug-likeness (QED) is 0.860. The van der Waals surface area contributed by atoms with Crippen LogP contribution in [0, 0.1) is 11.3 Å². The standard InChI is InChI=1S/C11H12F3N3O/c1-2-9(16)10(18,11(12,13)14)8-3-7(4-15)5-17-6-8/h3,5-6,9,18H,2,16H2,1H3. The molecule has 2 unspecified atom stereocenters. The van der Waals surface area contributed by atoms with E-state index in [0.717, 1.165) is 18.5 Å². The van der Waals surface area contributed by atoms with E-state index >= 15 is 0 Å². The molecule has 0 radical (unpaired) electrons. The van der Waals surface area contributed by atoms with Gasteiger partial charge in [-0.2, -0.15) is 18.4 Å². The normalized spacial score (nSPS) is 16.7. The van der Waals surface area contributed by atoms with Gasteiger partial charge in [0.1, 0.15) is 6.07 Å². The zero-order chi connectivity index (χ0) is 14.0. The van der Waals surface area contributed by atoms with E-state index in [1.54, 1.807) is 6.07 Å². The molecular weight excluding hydrogens is 247 g/mol. The van der Waals surface area contributed by atoms with Crippen molar-refractivity contribution in [2.75, 3.05) is 0 Å². The number of rotatable bonds is 3. The van der Waals surface area contributed by atoms with Crippen LogP contribution in [0.25, 0.3) is 0 Å². The highest BCUT2D eigenvalue weighted by Crippen LogP contribution is 2.41. The fourth-order valence-corrected chi connectivity index (χ4v) is 1.59. The van der Waals surface area contributed by atoms with Crippen LogP contribution in [0.3, 0.4) is 0 Å². The van der Waals surface area contributed by atoms with E-state index in [-0.39, 0.29) is 12.0 Å². The smallest absolute Gasteiger partial charge is 0.375 e. The predicted octanol–water partition coefficient (Wildman–Crippen LogP) is 1.44. The first-order valence-electron chi connectivity index (χ1n) is 5.17. The number of nitriles is 1. The van der Waals surface area contributed by atoms with Crippen LogP contribution in [0.15, 0.2) is 18.5 Å². The molecule has 0 aliphatic heterocycles. The van der Waals surface area contributed by atoms with E-state index in [1.807, 2.05) is 0 Å². The molecule has 1 aromatic rings. The molecule has 1 heterocycles. The van der Waals surface area contributed by atoms with Crippen LogP contribution < -0.4 is 5.73 Å². The molecule has 4 nitrogen and oxygen atoms in total. The van der Waals surface area contributed by atoms with E-state index in [1.165, 1.54) is 6.92 Å². The van der Waals surface area contributed by atoms with Crippen molar-refractivity contribution in [2.24, 2.45) is 5.73 Å². The van der Waals surface area contributed by atoms with Gasteiger partial charge in [-0.05, 0) is 12.5 Å². The zero-order valence-corrected chi connectivity index (χ0v) is 9.57. The van der Waals surface area contributed by atoms with Gasteiger partial charge in [-0.3, -0.25) is 4.98 Å². The van der Waals surface area contributed by atoms with Gasteiger partial charge < -0.3 is 10.8 Å². The lowest BCUT2D eigenvalue weighted by atomic mass is 9.85. The Labute approximate surface area is 102 Å². The number of pyridine rings is 1. The average molecular weight is 259 g/mol. The van der Waals surface area contributed by atoms with Crippen molar-refractivity contribution >= 4 is 0 Å². The molecular formula is C11H12F3N3O. The molecule has 1 aromatic heterocycles. The summed E-state index contributed by atoms with van der Waals surface area (Å²) in [5, 5.41) is 18.6. The van der Waals surface area contributed by atoms with Crippen LogP contribution in [-0.2, 0) is 5.60 Å². The number of aliphatic hydroxyl groups is 1. The molecule has 0 fully saturated rings. The summed E-state index contributed by atoms with van der Waals surface area (Å²) in [6.07, 6.45) is -3.05. The van der Waals surface area contributed by atoms with Crippen molar-refractivity contribution in [2.45, 2.75) is 31.2 Å². The van der Waals surface area contributed by atoms with Crippen LogP contribution in [0.5, 0.6) is 0 Å². The number of alkyl halides is 3. The van der Waals surface area contributed by atoms with Gasteiger partial charge in [0, 0.05) is 24.0 Å². The summed E-state index contributed by atoms with van der Waals surface area (Å²) >= 11 is 0. The van der Waals surface area contributed by atoms with Crippen molar-refractivity contribution in [1.82, 2.24) is 4.98 Å². The Bertz CT molecular complexity index is 469. The third kappa shape index (κ3) is 2.30. The summed E-state index contributed by atoms with van der Waals surface area (Å²) < 4.78 is 39.1. The molecule has 1 rings (SSSR count). The van der Waals surface area contributed by atoms with Crippen LogP contribution >= 0.6 is 0 Å². The Balaban J connectivity index is 3.40. The molecule has 0 amide bonds. The van der Waals surface area contributed by atoms with Gasteiger partial charge >= 0.3 is 6.18 Å². The maximum atomic E-state index is 13.0. The minimum absolute atomic E-state index is 0.0709. The number of hydrogen-bond donors (Lipinski definition) is 2. The highest BCUT2D eigenvalue weighted by Gasteiger charge is 2.58. The lowest BCUT2D eigenvalue weighted by Crippen LogP contribution is -2.55. The second-order valence-electron chi connectivity index (χ2n) is 3.85. The second kappa shape index (κ2) is 4.92. The summed E-state index contributed by atoms with van der Waals surface area (Å²) in [6, 6.07) is 1.07. The first-order chi connectivity index (χ1) is 8.27. The summed E-state index contributed by atoms with van der Waals surface area (Å²) in [4.78, 5) is 3.51. The molecule has 0 aliphatic rings. The van der Waals surface area contributed by atoms with Gasteiger partial charge in [-0.1, -0.05) is 6.92 Å². The van der Waals surface area contributed by atoms with Crippen LogP contribution in [0.4, 0.5) is 13.2 Å². The third-order valence-electron chi connectivity index (χ3n) is 2.72. The van der Waals surface area contributed by atoms with Gasteiger partial charge in [-0.15, -0.1) is 0 Å². The maximum absolute atomic E-state index is 13.0. The Morgan fingerprint density at radius 2 is 2.11 bits per heavy atom. The summed E-state index contributed by atoms with van der Waals surface area (Å²) in [5.41, 5.74) is 1.58. The van der Waals surface area contributed by atoms with Gasteiger partial charge in [0.05, 0.1) is 5.56 Å². The largest absolute Gasteiger partial charge is 0.423 e. The Morgan fingerprint density at radius 1 is 1.50 bits per heavy atom. The Kier molecular flexibility index (Phi) is 3.94. The monoisotopic (exact) mass is 259 g/mol. The Morgan fingerprint density at radius 3 is 2.56 bits per heavy atom. The number of hydrogen-bond acceptors (Lipinski definition) is 4.